The van der Waals surface area contributed by atoms with E-state index in [9.17, 15) is 0 Å². The molecule has 0 saturated heterocycles. The Balaban J connectivity index is 2.25. The predicted octanol–water partition coefficient (Wildman–Crippen LogP) is 3.33. The van der Waals surface area contributed by atoms with Crippen LogP contribution in [0.1, 0.15) is 24.5 Å². The lowest BCUT2D eigenvalue weighted by molar-refractivity contribution is 0.539. The van der Waals surface area contributed by atoms with Gasteiger partial charge in [-0.3, -0.25) is 4.98 Å². The SMILES string of the molecule is CCn1ccnc1CC(NC)c1ncc(Br)cc1Br. The molecule has 0 bridgehead atoms. The standard InChI is InChI=1S/C13H16Br2N4/c1-3-19-5-4-17-12(19)7-11(16-2)13-10(15)6-9(14)8-18-13/h4-6,8,11,16H,3,7H2,1-2H3. The summed E-state index contributed by atoms with van der Waals surface area (Å²) in [5.74, 6) is 1.07. The molecule has 102 valence electrons. The van der Waals surface area contributed by atoms with Crippen molar-refractivity contribution in [3.05, 3.63) is 45.1 Å². The molecule has 1 N–H and O–H groups in total. The minimum absolute atomic E-state index is 0.134. The maximum Gasteiger partial charge on any atom is 0.110 e. The van der Waals surface area contributed by atoms with Gasteiger partial charge in [-0.15, -0.1) is 0 Å². The van der Waals surface area contributed by atoms with E-state index in [1.54, 1.807) is 0 Å². The third kappa shape index (κ3) is 3.43. The minimum Gasteiger partial charge on any atom is -0.335 e. The van der Waals surface area contributed by atoms with Crippen LogP contribution in [0.2, 0.25) is 0 Å². The van der Waals surface area contributed by atoms with Crippen molar-refractivity contribution in [1.29, 1.82) is 0 Å². The molecule has 19 heavy (non-hydrogen) atoms. The largest absolute Gasteiger partial charge is 0.335 e. The lowest BCUT2D eigenvalue weighted by Gasteiger charge is -2.17. The van der Waals surface area contributed by atoms with Crippen LogP contribution in [0, 0.1) is 0 Å². The third-order valence-electron chi connectivity index (χ3n) is 3.04. The van der Waals surface area contributed by atoms with Gasteiger partial charge in [-0.2, -0.15) is 0 Å². The Morgan fingerprint density at radius 3 is 2.79 bits per heavy atom. The summed E-state index contributed by atoms with van der Waals surface area (Å²) < 4.78 is 4.11. The minimum atomic E-state index is 0.134. The molecule has 2 aromatic rings. The van der Waals surface area contributed by atoms with E-state index in [0.29, 0.717) is 0 Å². The molecule has 2 heterocycles. The summed E-state index contributed by atoms with van der Waals surface area (Å²) in [6.45, 7) is 3.05. The van der Waals surface area contributed by atoms with Crippen molar-refractivity contribution in [2.45, 2.75) is 25.9 Å². The number of hydrogen-bond donors (Lipinski definition) is 1. The molecule has 4 nitrogen and oxygen atoms in total. The summed E-state index contributed by atoms with van der Waals surface area (Å²) in [7, 11) is 1.94. The Hall–Kier alpha value is -0.720. The first-order valence-corrected chi connectivity index (χ1v) is 7.72. The summed E-state index contributed by atoms with van der Waals surface area (Å²) >= 11 is 6.99. The number of hydrogen-bond acceptors (Lipinski definition) is 3. The molecule has 2 aromatic heterocycles. The molecule has 1 unspecified atom stereocenters. The van der Waals surface area contributed by atoms with Crippen molar-refractivity contribution in [3.63, 3.8) is 0 Å². The van der Waals surface area contributed by atoms with Gasteiger partial charge in [0.25, 0.3) is 0 Å². The Kier molecular flexibility index (Phi) is 5.13. The molecular formula is C13H16Br2N4. The van der Waals surface area contributed by atoms with E-state index in [0.717, 1.165) is 33.4 Å². The fourth-order valence-electron chi connectivity index (χ4n) is 2.02. The molecule has 0 aliphatic heterocycles. The van der Waals surface area contributed by atoms with E-state index < -0.39 is 0 Å². The van der Waals surface area contributed by atoms with E-state index in [2.05, 4.69) is 58.6 Å². The maximum atomic E-state index is 4.49. The van der Waals surface area contributed by atoms with Crippen LogP contribution >= 0.6 is 31.9 Å². The normalized spacial score (nSPS) is 12.6. The molecule has 0 radical (unpaired) electrons. The fourth-order valence-corrected chi connectivity index (χ4v) is 3.28. The van der Waals surface area contributed by atoms with E-state index in [1.165, 1.54) is 0 Å². The number of rotatable bonds is 5. The van der Waals surface area contributed by atoms with Gasteiger partial charge in [0.15, 0.2) is 0 Å². The van der Waals surface area contributed by atoms with Gasteiger partial charge in [0.05, 0.1) is 11.7 Å². The van der Waals surface area contributed by atoms with Crippen molar-refractivity contribution < 1.29 is 0 Å². The second-order valence-electron chi connectivity index (χ2n) is 4.20. The number of likely N-dealkylation sites (N-methyl/N-ethyl adjacent to an activating group) is 1. The van der Waals surface area contributed by atoms with Gasteiger partial charge >= 0.3 is 0 Å². The summed E-state index contributed by atoms with van der Waals surface area (Å²) in [5, 5.41) is 3.31. The highest BCUT2D eigenvalue weighted by molar-refractivity contribution is 9.11. The molecule has 0 aromatic carbocycles. The van der Waals surface area contributed by atoms with Gasteiger partial charge in [0.1, 0.15) is 5.82 Å². The average molecular weight is 388 g/mol. The highest BCUT2D eigenvalue weighted by atomic mass is 79.9. The van der Waals surface area contributed by atoms with Crippen molar-refractivity contribution >= 4 is 31.9 Å². The predicted molar refractivity (Wildman–Crippen MR) is 83.0 cm³/mol. The number of nitrogens with zero attached hydrogens (tertiary/aromatic N) is 3. The number of halogens is 2. The zero-order valence-corrected chi connectivity index (χ0v) is 14.1. The summed E-state index contributed by atoms with van der Waals surface area (Å²) in [6, 6.07) is 2.15. The molecule has 2 rings (SSSR count). The van der Waals surface area contributed by atoms with E-state index >= 15 is 0 Å². The smallest absolute Gasteiger partial charge is 0.110 e. The van der Waals surface area contributed by atoms with Gasteiger partial charge in [0.2, 0.25) is 0 Å². The zero-order chi connectivity index (χ0) is 13.8. The average Bonchev–Trinajstić information content (AvgIpc) is 2.84. The van der Waals surface area contributed by atoms with Crippen LogP contribution < -0.4 is 5.32 Å². The molecule has 0 fully saturated rings. The van der Waals surface area contributed by atoms with Crippen LogP contribution in [0.3, 0.4) is 0 Å². The van der Waals surface area contributed by atoms with E-state index in [-0.39, 0.29) is 6.04 Å². The molecular weight excluding hydrogens is 372 g/mol. The highest BCUT2D eigenvalue weighted by Crippen LogP contribution is 2.26. The summed E-state index contributed by atoms with van der Waals surface area (Å²) in [4.78, 5) is 8.91. The van der Waals surface area contributed by atoms with Gasteiger partial charge in [-0.25, -0.2) is 4.98 Å². The van der Waals surface area contributed by atoms with E-state index in [4.69, 9.17) is 0 Å². The number of pyridine rings is 1. The van der Waals surface area contributed by atoms with Crippen molar-refractivity contribution in [1.82, 2.24) is 19.9 Å². The van der Waals surface area contributed by atoms with Gasteiger partial charge in [-0.1, -0.05) is 0 Å². The summed E-state index contributed by atoms with van der Waals surface area (Å²) in [6.07, 6.45) is 6.48. The second-order valence-corrected chi connectivity index (χ2v) is 5.97. The van der Waals surface area contributed by atoms with Crippen LogP contribution in [-0.2, 0) is 13.0 Å². The Bertz CT molecular complexity index is 553. The van der Waals surface area contributed by atoms with Gasteiger partial charge in [0, 0.05) is 40.5 Å². The lowest BCUT2D eigenvalue weighted by Crippen LogP contribution is -2.22. The molecule has 0 spiro atoms. The van der Waals surface area contributed by atoms with Crippen LogP contribution in [0.15, 0.2) is 33.6 Å². The molecule has 1 atom stereocenters. The van der Waals surface area contributed by atoms with Gasteiger partial charge in [-0.05, 0) is 51.9 Å². The Morgan fingerprint density at radius 1 is 1.37 bits per heavy atom. The zero-order valence-electron chi connectivity index (χ0n) is 10.9. The first-order valence-electron chi connectivity index (χ1n) is 6.14. The van der Waals surface area contributed by atoms with Gasteiger partial charge < -0.3 is 9.88 Å². The first-order chi connectivity index (χ1) is 9.15. The summed E-state index contributed by atoms with van der Waals surface area (Å²) in [5.41, 5.74) is 0.997. The molecule has 6 heteroatoms. The number of aromatic nitrogens is 3. The molecule has 0 aliphatic carbocycles. The maximum absolute atomic E-state index is 4.49. The fraction of sp³-hybridized carbons (Fsp3) is 0.385. The lowest BCUT2D eigenvalue weighted by atomic mass is 10.1. The topological polar surface area (TPSA) is 42.7 Å². The van der Waals surface area contributed by atoms with Crippen LogP contribution in [-0.4, -0.2) is 21.6 Å². The van der Waals surface area contributed by atoms with Crippen molar-refractivity contribution in [3.8, 4) is 0 Å². The Morgan fingerprint density at radius 2 is 2.16 bits per heavy atom. The first kappa shape index (κ1) is 14.7. The monoisotopic (exact) mass is 386 g/mol. The quantitative estimate of drug-likeness (QED) is 0.855. The van der Waals surface area contributed by atoms with Crippen molar-refractivity contribution in [2.75, 3.05) is 7.05 Å². The second kappa shape index (κ2) is 6.63. The molecule has 0 amide bonds. The number of imidazole rings is 1. The molecule has 0 saturated carbocycles. The van der Waals surface area contributed by atoms with Crippen LogP contribution in [0.4, 0.5) is 0 Å². The third-order valence-corrected chi connectivity index (χ3v) is 4.11. The van der Waals surface area contributed by atoms with Crippen molar-refractivity contribution in [2.24, 2.45) is 0 Å². The van der Waals surface area contributed by atoms with E-state index in [1.807, 2.05) is 31.7 Å². The van der Waals surface area contributed by atoms with Crippen LogP contribution in [0.5, 0.6) is 0 Å². The van der Waals surface area contributed by atoms with Crippen LogP contribution in [0.25, 0.3) is 0 Å². The number of aryl methyl sites for hydroxylation is 1. The highest BCUT2D eigenvalue weighted by Gasteiger charge is 2.17. The number of nitrogens with one attached hydrogen (secondary N) is 1. The molecule has 0 aliphatic rings. The Labute approximate surface area is 129 Å².